The summed E-state index contributed by atoms with van der Waals surface area (Å²) in [6.45, 7) is 4.50. The SMILES string of the molecule is C[C@H]1CN2C[C@@H](NC(=O)Nc3ccccc3F)C[C@H]2CO1. The lowest BCUT2D eigenvalue weighted by molar-refractivity contribution is -0.0390. The van der Waals surface area contributed by atoms with E-state index in [4.69, 9.17) is 4.74 Å². The van der Waals surface area contributed by atoms with Gasteiger partial charge in [-0.05, 0) is 25.5 Å². The van der Waals surface area contributed by atoms with Crippen molar-refractivity contribution < 1.29 is 13.9 Å². The normalized spacial score (nSPS) is 29.0. The van der Waals surface area contributed by atoms with E-state index in [0.29, 0.717) is 12.6 Å². The molecule has 2 amide bonds. The van der Waals surface area contributed by atoms with Crippen LogP contribution < -0.4 is 10.6 Å². The molecule has 2 N–H and O–H groups in total. The fraction of sp³-hybridized carbons (Fsp3) is 0.533. The number of morpholine rings is 1. The molecule has 0 saturated carbocycles. The van der Waals surface area contributed by atoms with Gasteiger partial charge in [0.25, 0.3) is 0 Å². The van der Waals surface area contributed by atoms with Crippen molar-refractivity contribution in [3.05, 3.63) is 30.1 Å². The first-order chi connectivity index (χ1) is 10.1. The van der Waals surface area contributed by atoms with E-state index in [-0.39, 0.29) is 23.9 Å². The molecule has 2 aliphatic heterocycles. The third-order valence-corrected chi connectivity index (χ3v) is 4.05. The second kappa shape index (κ2) is 5.99. The smallest absolute Gasteiger partial charge is 0.319 e. The van der Waals surface area contributed by atoms with E-state index >= 15 is 0 Å². The maximum atomic E-state index is 13.5. The summed E-state index contributed by atoms with van der Waals surface area (Å²) in [4.78, 5) is 14.3. The fourth-order valence-corrected chi connectivity index (χ4v) is 3.05. The molecule has 2 heterocycles. The van der Waals surface area contributed by atoms with Crippen LogP contribution in [0.3, 0.4) is 0 Å². The third-order valence-electron chi connectivity index (χ3n) is 4.05. The molecule has 0 radical (unpaired) electrons. The van der Waals surface area contributed by atoms with Crippen LogP contribution in [0.25, 0.3) is 0 Å². The number of nitrogens with zero attached hydrogens (tertiary/aromatic N) is 1. The van der Waals surface area contributed by atoms with E-state index < -0.39 is 5.82 Å². The van der Waals surface area contributed by atoms with E-state index in [0.717, 1.165) is 19.5 Å². The minimum Gasteiger partial charge on any atom is -0.376 e. The van der Waals surface area contributed by atoms with Crippen LogP contribution in [0.4, 0.5) is 14.9 Å². The number of carbonyl (C=O) groups excluding carboxylic acids is 1. The fourth-order valence-electron chi connectivity index (χ4n) is 3.05. The average Bonchev–Trinajstić information content (AvgIpc) is 2.82. The highest BCUT2D eigenvalue weighted by Gasteiger charge is 2.36. The zero-order valence-corrected chi connectivity index (χ0v) is 12.0. The van der Waals surface area contributed by atoms with Gasteiger partial charge in [0.05, 0.1) is 18.4 Å². The van der Waals surface area contributed by atoms with Crippen LogP contribution in [0.5, 0.6) is 0 Å². The Morgan fingerprint density at radius 1 is 1.38 bits per heavy atom. The Hall–Kier alpha value is -1.66. The van der Waals surface area contributed by atoms with E-state index in [9.17, 15) is 9.18 Å². The number of hydrogen-bond donors (Lipinski definition) is 2. The highest BCUT2D eigenvalue weighted by Crippen LogP contribution is 2.23. The predicted molar refractivity (Wildman–Crippen MR) is 77.7 cm³/mol. The molecule has 1 aromatic rings. The lowest BCUT2D eigenvalue weighted by atomic mass is 10.1. The largest absolute Gasteiger partial charge is 0.376 e. The van der Waals surface area contributed by atoms with Crippen LogP contribution in [-0.2, 0) is 4.74 Å². The van der Waals surface area contributed by atoms with Crippen molar-refractivity contribution in [2.24, 2.45) is 0 Å². The number of ether oxygens (including phenoxy) is 1. The van der Waals surface area contributed by atoms with Gasteiger partial charge < -0.3 is 15.4 Å². The van der Waals surface area contributed by atoms with Gasteiger partial charge in [-0.25, -0.2) is 9.18 Å². The molecule has 6 heteroatoms. The summed E-state index contributed by atoms with van der Waals surface area (Å²) in [5, 5.41) is 5.46. The van der Waals surface area contributed by atoms with Crippen molar-refractivity contribution in [1.29, 1.82) is 0 Å². The number of rotatable bonds is 2. The molecule has 0 unspecified atom stereocenters. The molecule has 2 aliphatic rings. The summed E-state index contributed by atoms with van der Waals surface area (Å²) in [7, 11) is 0. The van der Waals surface area contributed by atoms with Gasteiger partial charge >= 0.3 is 6.03 Å². The molecular formula is C15H20FN3O2. The van der Waals surface area contributed by atoms with Crippen molar-refractivity contribution in [1.82, 2.24) is 10.2 Å². The molecule has 114 valence electrons. The van der Waals surface area contributed by atoms with Crippen molar-refractivity contribution in [2.75, 3.05) is 25.0 Å². The van der Waals surface area contributed by atoms with Gasteiger partial charge in [0.2, 0.25) is 0 Å². The van der Waals surface area contributed by atoms with Gasteiger partial charge in [-0.2, -0.15) is 0 Å². The molecule has 0 spiro atoms. The first kappa shape index (κ1) is 14.3. The number of para-hydroxylation sites is 1. The highest BCUT2D eigenvalue weighted by atomic mass is 19.1. The zero-order valence-electron chi connectivity index (χ0n) is 12.0. The monoisotopic (exact) mass is 293 g/mol. The predicted octanol–water partition coefficient (Wildman–Crippen LogP) is 1.81. The minimum absolute atomic E-state index is 0.0793. The van der Waals surface area contributed by atoms with Gasteiger partial charge in [-0.3, -0.25) is 4.90 Å². The number of nitrogens with one attached hydrogen (secondary N) is 2. The topological polar surface area (TPSA) is 53.6 Å². The molecule has 2 saturated heterocycles. The average molecular weight is 293 g/mol. The number of halogens is 1. The minimum atomic E-state index is -0.432. The summed E-state index contributed by atoms with van der Waals surface area (Å²) >= 11 is 0. The second-order valence-electron chi connectivity index (χ2n) is 5.76. The maximum Gasteiger partial charge on any atom is 0.319 e. The molecule has 21 heavy (non-hydrogen) atoms. The van der Waals surface area contributed by atoms with Gasteiger partial charge in [-0.1, -0.05) is 12.1 Å². The van der Waals surface area contributed by atoms with E-state index in [1.807, 2.05) is 0 Å². The Labute approximate surface area is 123 Å². The van der Waals surface area contributed by atoms with Gasteiger partial charge in [-0.15, -0.1) is 0 Å². The number of anilines is 1. The number of hydrogen-bond acceptors (Lipinski definition) is 3. The van der Waals surface area contributed by atoms with E-state index in [1.54, 1.807) is 18.2 Å². The van der Waals surface area contributed by atoms with Gasteiger partial charge in [0.15, 0.2) is 0 Å². The maximum absolute atomic E-state index is 13.5. The Morgan fingerprint density at radius 2 is 2.19 bits per heavy atom. The summed E-state index contributed by atoms with van der Waals surface area (Å²) in [6, 6.07) is 6.24. The Morgan fingerprint density at radius 3 is 3.00 bits per heavy atom. The summed E-state index contributed by atoms with van der Waals surface area (Å²) in [6.07, 6.45) is 1.12. The molecule has 0 aliphatic carbocycles. The van der Waals surface area contributed by atoms with E-state index in [2.05, 4.69) is 22.5 Å². The van der Waals surface area contributed by atoms with Gasteiger partial charge in [0.1, 0.15) is 5.82 Å². The van der Waals surface area contributed by atoms with Crippen molar-refractivity contribution >= 4 is 11.7 Å². The molecule has 2 fully saturated rings. The Balaban J connectivity index is 1.53. The zero-order chi connectivity index (χ0) is 14.8. The van der Waals surface area contributed by atoms with Crippen LogP contribution in [0.15, 0.2) is 24.3 Å². The molecular weight excluding hydrogens is 273 g/mol. The molecule has 3 rings (SSSR count). The van der Waals surface area contributed by atoms with E-state index in [1.165, 1.54) is 6.07 Å². The molecule has 1 aromatic carbocycles. The standard InChI is InChI=1S/C15H20FN3O2/c1-10-7-19-8-11(6-12(19)9-21-10)17-15(20)18-14-5-3-2-4-13(14)16/h2-5,10-12H,6-9H2,1H3,(H2,17,18,20)/t10-,11-,12-/m0/s1. The Bertz CT molecular complexity index is 525. The van der Waals surface area contributed by atoms with Gasteiger partial charge in [0, 0.05) is 25.2 Å². The van der Waals surface area contributed by atoms with Crippen LogP contribution >= 0.6 is 0 Å². The lowest BCUT2D eigenvalue weighted by Gasteiger charge is -2.33. The van der Waals surface area contributed by atoms with Crippen molar-refractivity contribution in [2.45, 2.75) is 31.5 Å². The highest BCUT2D eigenvalue weighted by molar-refractivity contribution is 5.89. The third kappa shape index (κ3) is 3.33. The number of urea groups is 1. The number of amides is 2. The van der Waals surface area contributed by atoms with Crippen LogP contribution in [0.1, 0.15) is 13.3 Å². The second-order valence-corrected chi connectivity index (χ2v) is 5.76. The number of carbonyl (C=O) groups is 1. The van der Waals surface area contributed by atoms with Crippen LogP contribution in [0, 0.1) is 5.82 Å². The van der Waals surface area contributed by atoms with Crippen LogP contribution in [0.2, 0.25) is 0 Å². The molecule has 5 nitrogen and oxygen atoms in total. The van der Waals surface area contributed by atoms with Crippen LogP contribution in [-0.4, -0.2) is 48.8 Å². The first-order valence-electron chi connectivity index (χ1n) is 7.29. The van der Waals surface area contributed by atoms with Crippen molar-refractivity contribution in [3.8, 4) is 0 Å². The number of benzene rings is 1. The summed E-state index contributed by atoms with van der Waals surface area (Å²) < 4.78 is 19.1. The summed E-state index contributed by atoms with van der Waals surface area (Å²) in [5.74, 6) is -0.432. The molecule has 0 bridgehead atoms. The number of fused-ring (bicyclic) bond motifs is 1. The first-order valence-corrected chi connectivity index (χ1v) is 7.29. The summed E-state index contributed by atoms with van der Waals surface area (Å²) in [5.41, 5.74) is 0.197. The lowest BCUT2D eigenvalue weighted by Crippen LogP contribution is -2.45. The molecule has 3 atom stereocenters. The quantitative estimate of drug-likeness (QED) is 0.874. The molecule has 0 aromatic heterocycles. The van der Waals surface area contributed by atoms with Crippen molar-refractivity contribution in [3.63, 3.8) is 0 Å². The Kier molecular flexibility index (Phi) is 4.07.